The summed E-state index contributed by atoms with van der Waals surface area (Å²) in [6.45, 7) is 3.31. The molecule has 0 unspecified atom stereocenters. The highest BCUT2D eigenvalue weighted by molar-refractivity contribution is 7.89. The Kier molecular flexibility index (Phi) is 7.35. The van der Waals surface area contributed by atoms with Crippen LogP contribution < -0.4 is 0 Å². The molecule has 178 valence electrons. The Hall–Kier alpha value is -3.14. The molecule has 0 saturated carbocycles. The molecule has 1 aliphatic heterocycles. The van der Waals surface area contributed by atoms with Crippen molar-refractivity contribution in [2.24, 2.45) is 0 Å². The van der Waals surface area contributed by atoms with Crippen molar-refractivity contribution in [2.75, 3.05) is 26.3 Å². The Morgan fingerprint density at radius 2 is 1.85 bits per heavy atom. The third kappa shape index (κ3) is 5.32. The minimum Gasteiger partial charge on any atom is -0.379 e. The first kappa shape index (κ1) is 24.0. The standard InChI is InChI=1S/C25H26FN3O4S/c1-19-5-2-3-7-22(19)18-28(17-20-6-4-10-27-16-20)25(30)21-8-9-23(26)24(15-21)34(31,32)29-11-13-33-14-12-29/h2-10,15-16H,11-14,17-18H2,1H3. The van der Waals surface area contributed by atoms with Crippen molar-refractivity contribution in [1.82, 2.24) is 14.2 Å². The highest BCUT2D eigenvalue weighted by Crippen LogP contribution is 2.24. The summed E-state index contributed by atoms with van der Waals surface area (Å²) in [4.78, 5) is 18.8. The van der Waals surface area contributed by atoms with Crippen LogP contribution in [-0.2, 0) is 27.8 Å². The number of pyridine rings is 1. The molecule has 3 aromatic rings. The lowest BCUT2D eigenvalue weighted by molar-refractivity contribution is 0.0724. The van der Waals surface area contributed by atoms with E-state index in [1.165, 1.54) is 10.4 Å². The number of amides is 1. The van der Waals surface area contributed by atoms with Crippen LogP contribution in [0.2, 0.25) is 0 Å². The first-order valence-corrected chi connectivity index (χ1v) is 12.4. The van der Waals surface area contributed by atoms with E-state index in [9.17, 15) is 17.6 Å². The topological polar surface area (TPSA) is 79.8 Å². The number of ether oxygens (including phenoxy) is 1. The van der Waals surface area contributed by atoms with Gasteiger partial charge in [0.15, 0.2) is 0 Å². The molecule has 1 aromatic heterocycles. The molecule has 1 amide bonds. The fourth-order valence-corrected chi connectivity index (χ4v) is 5.35. The zero-order valence-corrected chi connectivity index (χ0v) is 19.7. The van der Waals surface area contributed by atoms with E-state index in [0.29, 0.717) is 6.54 Å². The Morgan fingerprint density at radius 3 is 2.56 bits per heavy atom. The molecular weight excluding hydrogens is 457 g/mol. The van der Waals surface area contributed by atoms with Crippen molar-refractivity contribution >= 4 is 15.9 Å². The zero-order valence-electron chi connectivity index (χ0n) is 18.9. The zero-order chi connectivity index (χ0) is 24.1. The van der Waals surface area contributed by atoms with Crippen LogP contribution in [0, 0.1) is 12.7 Å². The van der Waals surface area contributed by atoms with Crippen LogP contribution in [0.1, 0.15) is 27.0 Å². The summed E-state index contributed by atoms with van der Waals surface area (Å²) in [5, 5.41) is 0. The van der Waals surface area contributed by atoms with Crippen LogP contribution in [0.15, 0.2) is 71.9 Å². The number of aryl methyl sites for hydroxylation is 1. The fraction of sp³-hybridized carbons (Fsp3) is 0.280. The Morgan fingerprint density at radius 1 is 1.09 bits per heavy atom. The number of carbonyl (C=O) groups is 1. The average molecular weight is 484 g/mol. The van der Waals surface area contributed by atoms with Gasteiger partial charge in [-0.1, -0.05) is 30.3 Å². The number of carbonyl (C=O) groups excluding carboxylic acids is 1. The van der Waals surface area contributed by atoms with E-state index in [1.54, 1.807) is 23.4 Å². The van der Waals surface area contributed by atoms with Gasteiger partial charge in [0, 0.05) is 44.1 Å². The van der Waals surface area contributed by atoms with Gasteiger partial charge >= 0.3 is 0 Å². The smallest absolute Gasteiger partial charge is 0.254 e. The van der Waals surface area contributed by atoms with Crippen LogP contribution >= 0.6 is 0 Å². The molecule has 34 heavy (non-hydrogen) atoms. The summed E-state index contributed by atoms with van der Waals surface area (Å²) >= 11 is 0. The van der Waals surface area contributed by atoms with Crippen LogP contribution in [0.5, 0.6) is 0 Å². The fourth-order valence-electron chi connectivity index (χ4n) is 3.85. The van der Waals surface area contributed by atoms with E-state index in [2.05, 4.69) is 4.98 Å². The van der Waals surface area contributed by atoms with Gasteiger partial charge < -0.3 is 9.64 Å². The number of sulfonamides is 1. The van der Waals surface area contributed by atoms with Gasteiger partial charge in [-0.3, -0.25) is 9.78 Å². The van der Waals surface area contributed by atoms with Gasteiger partial charge in [-0.2, -0.15) is 4.31 Å². The average Bonchev–Trinajstić information content (AvgIpc) is 2.86. The number of aromatic nitrogens is 1. The van der Waals surface area contributed by atoms with E-state index in [4.69, 9.17) is 4.74 Å². The molecule has 0 N–H and O–H groups in total. The molecule has 9 heteroatoms. The normalized spacial score (nSPS) is 14.6. The van der Waals surface area contributed by atoms with Crippen molar-refractivity contribution in [3.63, 3.8) is 0 Å². The van der Waals surface area contributed by atoms with E-state index >= 15 is 0 Å². The molecule has 0 atom stereocenters. The maximum atomic E-state index is 14.7. The van der Waals surface area contributed by atoms with Gasteiger partial charge in [0.25, 0.3) is 5.91 Å². The summed E-state index contributed by atoms with van der Waals surface area (Å²) < 4.78 is 47.2. The number of hydrogen-bond donors (Lipinski definition) is 0. The van der Waals surface area contributed by atoms with Crippen molar-refractivity contribution in [3.8, 4) is 0 Å². The molecule has 2 aromatic carbocycles. The summed E-state index contributed by atoms with van der Waals surface area (Å²) in [7, 11) is -4.10. The molecule has 1 fully saturated rings. The second-order valence-corrected chi connectivity index (χ2v) is 10.0. The molecule has 7 nitrogen and oxygen atoms in total. The van der Waals surface area contributed by atoms with Crippen LogP contribution in [-0.4, -0.2) is 54.8 Å². The molecule has 1 aliphatic rings. The monoisotopic (exact) mass is 483 g/mol. The molecule has 0 spiro atoms. The molecular formula is C25H26FN3O4S. The summed E-state index contributed by atoms with van der Waals surface area (Å²) in [5.74, 6) is -1.29. The second-order valence-electron chi connectivity index (χ2n) is 8.11. The maximum absolute atomic E-state index is 14.7. The van der Waals surface area contributed by atoms with Crippen LogP contribution in [0.4, 0.5) is 4.39 Å². The van der Waals surface area contributed by atoms with Gasteiger partial charge in [-0.05, 0) is 47.9 Å². The lowest BCUT2D eigenvalue weighted by atomic mass is 10.1. The minimum atomic E-state index is -4.10. The third-order valence-corrected chi connectivity index (χ3v) is 7.69. The highest BCUT2D eigenvalue weighted by Gasteiger charge is 2.30. The van der Waals surface area contributed by atoms with Gasteiger partial charge in [0.05, 0.1) is 13.2 Å². The van der Waals surface area contributed by atoms with Crippen molar-refractivity contribution in [3.05, 3.63) is 95.1 Å². The SMILES string of the molecule is Cc1ccccc1CN(Cc1cccnc1)C(=O)c1ccc(F)c(S(=O)(=O)N2CCOCC2)c1. The molecule has 0 bridgehead atoms. The molecule has 1 saturated heterocycles. The van der Waals surface area contributed by atoms with Gasteiger partial charge in [0.1, 0.15) is 10.7 Å². The largest absolute Gasteiger partial charge is 0.379 e. The van der Waals surface area contributed by atoms with E-state index in [1.807, 2.05) is 37.3 Å². The number of morpholine rings is 1. The first-order valence-electron chi connectivity index (χ1n) is 11.0. The van der Waals surface area contributed by atoms with Crippen LogP contribution in [0.3, 0.4) is 0 Å². The molecule has 0 radical (unpaired) electrons. The second kappa shape index (κ2) is 10.4. The van der Waals surface area contributed by atoms with E-state index in [0.717, 1.165) is 28.8 Å². The number of rotatable bonds is 7. The number of halogens is 1. The lowest BCUT2D eigenvalue weighted by Gasteiger charge is -2.27. The number of hydrogen-bond acceptors (Lipinski definition) is 5. The van der Waals surface area contributed by atoms with Crippen molar-refractivity contribution in [2.45, 2.75) is 24.9 Å². The van der Waals surface area contributed by atoms with Gasteiger partial charge in [-0.25, -0.2) is 12.8 Å². The van der Waals surface area contributed by atoms with E-state index in [-0.39, 0.29) is 38.4 Å². The quantitative estimate of drug-likeness (QED) is 0.515. The predicted molar refractivity (Wildman–Crippen MR) is 125 cm³/mol. The first-order chi connectivity index (χ1) is 16.4. The number of benzene rings is 2. The van der Waals surface area contributed by atoms with Crippen molar-refractivity contribution < 1.29 is 22.3 Å². The molecule has 0 aliphatic carbocycles. The summed E-state index contributed by atoms with van der Waals surface area (Å²) in [5.41, 5.74) is 2.92. The predicted octanol–water partition coefficient (Wildman–Crippen LogP) is 3.39. The minimum absolute atomic E-state index is 0.103. The van der Waals surface area contributed by atoms with Crippen LogP contribution in [0.25, 0.3) is 0 Å². The Balaban J connectivity index is 1.68. The van der Waals surface area contributed by atoms with Crippen molar-refractivity contribution in [1.29, 1.82) is 0 Å². The molecule has 2 heterocycles. The van der Waals surface area contributed by atoms with Gasteiger partial charge in [-0.15, -0.1) is 0 Å². The summed E-state index contributed by atoms with van der Waals surface area (Å²) in [6.07, 6.45) is 3.33. The number of nitrogens with zero attached hydrogens (tertiary/aromatic N) is 3. The van der Waals surface area contributed by atoms with Gasteiger partial charge in [0.2, 0.25) is 10.0 Å². The molecule has 4 rings (SSSR count). The maximum Gasteiger partial charge on any atom is 0.254 e. The highest BCUT2D eigenvalue weighted by atomic mass is 32.2. The lowest BCUT2D eigenvalue weighted by Crippen LogP contribution is -2.41. The summed E-state index contributed by atoms with van der Waals surface area (Å²) in [6, 6.07) is 14.9. The Labute approximate surface area is 198 Å². The Bertz CT molecular complexity index is 1260. The van der Waals surface area contributed by atoms with E-state index < -0.39 is 26.6 Å². The third-order valence-electron chi connectivity index (χ3n) is 5.77.